The van der Waals surface area contributed by atoms with Gasteiger partial charge in [-0.2, -0.15) is 0 Å². The van der Waals surface area contributed by atoms with Crippen LogP contribution in [0.1, 0.15) is 6.92 Å². The summed E-state index contributed by atoms with van der Waals surface area (Å²) >= 11 is 24.1. The second-order valence-electron chi connectivity index (χ2n) is 3.63. The van der Waals surface area contributed by atoms with Crippen molar-refractivity contribution in [3.05, 3.63) is 26.4 Å². The van der Waals surface area contributed by atoms with E-state index >= 15 is 0 Å². The third-order valence-electron chi connectivity index (χ3n) is 2.44. The molecule has 0 spiro atoms. The van der Waals surface area contributed by atoms with Crippen LogP contribution in [0.25, 0.3) is 11.0 Å². The number of hydrogen-bond donors (Lipinski definition) is 0. The third-order valence-corrected chi connectivity index (χ3v) is 4.22. The molecule has 0 amide bonds. The standard InChI is InChI=1S/C11H8Cl4N2O2/c1-2-19-5(18)3-17-4-16-10-8(14)6(12)7(13)9(15)11(10)17/h4H,2-3H2,1H3. The molecule has 0 unspecified atom stereocenters. The molecule has 0 radical (unpaired) electrons. The number of ether oxygens (including phenoxy) is 1. The van der Waals surface area contributed by atoms with Gasteiger partial charge >= 0.3 is 5.97 Å². The van der Waals surface area contributed by atoms with Crippen molar-refractivity contribution in [3.8, 4) is 0 Å². The van der Waals surface area contributed by atoms with E-state index in [1.165, 1.54) is 10.9 Å². The van der Waals surface area contributed by atoms with E-state index in [1.807, 2.05) is 0 Å². The Morgan fingerprint density at radius 1 is 1.21 bits per heavy atom. The summed E-state index contributed by atoms with van der Waals surface area (Å²) in [6.07, 6.45) is 1.44. The Morgan fingerprint density at radius 2 is 1.84 bits per heavy atom. The average molecular weight is 342 g/mol. The molecule has 8 heteroatoms. The molecule has 0 aliphatic rings. The summed E-state index contributed by atoms with van der Waals surface area (Å²) < 4.78 is 6.38. The fraction of sp³-hybridized carbons (Fsp3) is 0.273. The highest BCUT2D eigenvalue weighted by molar-refractivity contribution is 6.55. The van der Waals surface area contributed by atoms with Crippen molar-refractivity contribution in [2.45, 2.75) is 13.5 Å². The van der Waals surface area contributed by atoms with Crippen molar-refractivity contribution in [2.75, 3.05) is 6.61 Å². The normalized spacial score (nSPS) is 11.0. The van der Waals surface area contributed by atoms with E-state index in [4.69, 9.17) is 51.1 Å². The highest BCUT2D eigenvalue weighted by Gasteiger charge is 2.20. The number of aromatic nitrogens is 2. The summed E-state index contributed by atoms with van der Waals surface area (Å²) in [7, 11) is 0. The summed E-state index contributed by atoms with van der Waals surface area (Å²) in [4.78, 5) is 15.6. The number of nitrogens with zero attached hydrogens (tertiary/aromatic N) is 2. The molecule has 0 atom stereocenters. The maximum absolute atomic E-state index is 11.5. The zero-order valence-corrected chi connectivity index (χ0v) is 12.7. The monoisotopic (exact) mass is 340 g/mol. The molecule has 0 fully saturated rings. The second kappa shape index (κ2) is 5.75. The molecule has 1 aromatic carbocycles. The van der Waals surface area contributed by atoms with Gasteiger partial charge in [0.25, 0.3) is 0 Å². The van der Waals surface area contributed by atoms with E-state index in [0.717, 1.165) is 0 Å². The lowest BCUT2D eigenvalue weighted by atomic mass is 10.3. The van der Waals surface area contributed by atoms with Crippen LogP contribution in [-0.4, -0.2) is 22.1 Å². The number of benzene rings is 1. The zero-order chi connectivity index (χ0) is 14.2. The highest BCUT2D eigenvalue weighted by Crippen LogP contribution is 2.42. The molecule has 102 valence electrons. The molecular weight excluding hydrogens is 334 g/mol. The van der Waals surface area contributed by atoms with Gasteiger partial charge in [-0.3, -0.25) is 4.79 Å². The molecule has 19 heavy (non-hydrogen) atoms. The summed E-state index contributed by atoms with van der Waals surface area (Å²) in [6.45, 7) is 2.00. The molecule has 0 saturated heterocycles. The van der Waals surface area contributed by atoms with Crippen molar-refractivity contribution >= 4 is 63.4 Å². The summed E-state index contributed by atoms with van der Waals surface area (Å²) in [5.74, 6) is -0.403. The van der Waals surface area contributed by atoms with Crippen LogP contribution in [-0.2, 0) is 16.1 Å². The molecule has 0 bridgehead atoms. The minimum atomic E-state index is -0.403. The Bertz CT molecular complexity index is 654. The average Bonchev–Trinajstić information content (AvgIpc) is 2.78. The van der Waals surface area contributed by atoms with Crippen LogP contribution in [0.3, 0.4) is 0 Å². The van der Waals surface area contributed by atoms with Gasteiger partial charge in [0.1, 0.15) is 12.1 Å². The smallest absolute Gasteiger partial charge is 0.325 e. The molecule has 1 aromatic heterocycles. The van der Waals surface area contributed by atoms with Gasteiger partial charge in [0, 0.05) is 0 Å². The van der Waals surface area contributed by atoms with Gasteiger partial charge in [-0.15, -0.1) is 0 Å². The molecule has 0 aliphatic heterocycles. The van der Waals surface area contributed by atoms with Crippen molar-refractivity contribution in [2.24, 2.45) is 0 Å². The number of fused-ring (bicyclic) bond motifs is 1. The van der Waals surface area contributed by atoms with Crippen LogP contribution in [0.15, 0.2) is 6.33 Å². The van der Waals surface area contributed by atoms with Gasteiger partial charge in [-0.05, 0) is 6.92 Å². The fourth-order valence-electron chi connectivity index (χ4n) is 1.64. The highest BCUT2D eigenvalue weighted by atomic mass is 35.5. The van der Waals surface area contributed by atoms with Crippen LogP contribution in [0.2, 0.25) is 20.1 Å². The van der Waals surface area contributed by atoms with Crippen LogP contribution < -0.4 is 0 Å². The van der Waals surface area contributed by atoms with Crippen molar-refractivity contribution in [1.82, 2.24) is 9.55 Å². The first-order valence-electron chi connectivity index (χ1n) is 5.29. The van der Waals surface area contributed by atoms with Gasteiger partial charge in [-0.1, -0.05) is 46.4 Å². The number of carbonyl (C=O) groups excluding carboxylic acids is 1. The molecule has 1 heterocycles. The van der Waals surface area contributed by atoms with Gasteiger partial charge in [0.2, 0.25) is 0 Å². The van der Waals surface area contributed by atoms with Crippen LogP contribution in [0.4, 0.5) is 0 Å². The van der Waals surface area contributed by atoms with Crippen molar-refractivity contribution in [1.29, 1.82) is 0 Å². The van der Waals surface area contributed by atoms with Gasteiger partial charge in [0.05, 0.1) is 38.5 Å². The minimum absolute atomic E-state index is 0.0294. The summed E-state index contributed by atoms with van der Waals surface area (Å²) in [6, 6.07) is 0. The molecule has 0 saturated carbocycles. The van der Waals surface area contributed by atoms with Crippen LogP contribution in [0.5, 0.6) is 0 Å². The Kier molecular flexibility index (Phi) is 4.46. The molecule has 0 aliphatic carbocycles. The number of carbonyl (C=O) groups is 1. The first kappa shape index (κ1) is 14.7. The Morgan fingerprint density at radius 3 is 2.47 bits per heavy atom. The summed E-state index contributed by atoms with van der Waals surface area (Å²) in [5, 5.41) is 0.676. The van der Waals surface area contributed by atoms with Crippen LogP contribution >= 0.6 is 46.4 Å². The van der Waals surface area contributed by atoms with E-state index in [0.29, 0.717) is 17.6 Å². The van der Waals surface area contributed by atoms with Gasteiger partial charge in [-0.25, -0.2) is 4.98 Å². The van der Waals surface area contributed by atoms with Crippen LogP contribution in [0, 0.1) is 0 Å². The lowest BCUT2D eigenvalue weighted by Crippen LogP contribution is -2.12. The lowest BCUT2D eigenvalue weighted by Gasteiger charge is -2.08. The van der Waals surface area contributed by atoms with Crippen molar-refractivity contribution in [3.63, 3.8) is 0 Å². The Hall–Kier alpha value is -0.680. The number of imidazole rings is 1. The molecular formula is C11H8Cl4N2O2. The van der Waals surface area contributed by atoms with E-state index in [1.54, 1.807) is 6.92 Å². The number of hydrogen-bond acceptors (Lipinski definition) is 3. The molecule has 2 rings (SSSR count). The first-order valence-corrected chi connectivity index (χ1v) is 6.81. The maximum Gasteiger partial charge on any atom is 0.325 e. The number of rotatable bonds is 3. The Balaban J connectivity index is 2.57. The topological polar surface area (TPSA) is 44.1 Å². The fourth-order valence-corrected chi connectivity index (χ4v) is 2.63. The predicted octanol–water partition coefficient (Wildman–Crippen LogP) is 4.21. The second-order valence-corrected chi connectivity index (χ2v) is 5.14. The summed E-state index contributed by atoms with van der Waals surface area (Å²) in [5.41, 5.74) is 0.847. The van der Waals surface area contributed by atoms with Gasteiger partial charge < -0.3 is 9.30 Å². The number of esters is 1. The van der Waals surface area contributed by atoms with E-state index in [9.17, 15) is 4.79 Å². The van der Waals surface area contributed by atoms with Gasteiger partial charge in [0.15, 0.2) is 0 Å². The predicted molar refractivity (Wildman–Crippen MR) is 76.4 cm³/mol. The zero-order valence-electron chi connectivity index (χ0n) is 9.71. The largest absolute Gasteiger partial charge is 0.465 e. The van der Waals surface area contributed by atoms with E-state index < -0.39 is 5.97 Å². The van der Waals surface area contributed by atoms with E-state index in [2.05, 4.69) is 4.98 Å². The van der Waals surface area contributed by atoms with E-state index in [-0.39, 0.29) is 26.6 Å². The maximum atomic E-state index is 11.5. The molecule has 4 nitrogen and oxygen atoms in total. The lowest BCUT2D eigenvalue weighted by molar-refractivity contribution is -0.143. The number of halogens is 4. The minimum Gasteiger partial charge on any atom is -0.465 e. The van der Waals surface area contributed by atoms with Crippen molar-refractivity contribution < 1.29 is 9.53 Å². The SMILES string of the molecule is CCOC(=O)Cn1cnc2c(Cl)c(Cl)c(Cl)c(Cl)c21. The molecule has 0 N–H and O–H groups in total. The Labute approximate surface area is 129 Å². The molecule has 2 aromatic rings. The quantitative estimate of drug-likeness (QED) is 0.477. The first-order chi connectivity index (χ1) is 8.97. The third kappa shape index (κ3) is 2.63.